The summed E-state index contributed by atoms with van der Waals surface area (Å²) in [6.07, 6.45) is 2.88. The van der Waals surface area contributed by atoms with Crippen molar-refractivity contribution >= 4 is 11.6 Å². The zero-order chi connectivity index (χ0) is 16.3. The first-order valence-corrected chi connectivity index (χ1v) is 6.93. The molecule has 1 amide bonds. The summed E-state index contributed by atoms with van der Waals surface area (Å²) in [7, 11) is 6.06. The maximum absolute atomic E-state index is 12.6. The molecule has 1 unspecified atom stereocenters. The Balaban J connectivity index is 2.66. The molecule has 0 spiro atoms. The Morgan fingerprint density at radius 3 is 2.41 bits per heavy atom. The molecule has 22 heavy (non-hydrogen) atoms. The quantitative estimate of drug-likeness (QED) is 0.755. The minimum Gasteiger partial charge on any atom is -0.493 e. The highest BCUT2D eigenvalue weighted by molar-refractivity contribution is 5.99. The first-order chi connectivity index (χ1) is 10.6. The van der Waals surface area contributed by atoms with Gasteiger partial charge in [-0.15, -0.1) is 6.58 Å². The summed E-state index contributed by atoms with van der Waals surface area (Å²) in [5, 5.41) is 1.26. The third-order valence-electron chi connectivity index (χ3n) is 3.74. The van der Waals surface area contributed by atoms with E-state index in [9.17, 15) is 4.79 Å². The second kappa shape index (κ2) is 6.70. The molecule has 1 aliphatic heterocycles. The highest BCUT2D eigenvalue weighted by Crippen LogP contribution is 2.49. The Bertz CT molecular complexity index is 584. The Morgan fingerprint density at radius 2 is 1.91 bits per heavy atom. The number of rotatable bonds is 6. The highest BCUT2D eigenvalue weighted by atomic mass is 16.7. The lowest BCUT2D eigenvalue weighted by atomic mass is 9.89. The number of carbonyl (C=O) groups is 1. The van der Waals surface area contributed by atoms with Gasteiger partial charge in [-0.25, -0.2) is 0 Å². The van der Waals surface area contributed by atoms with E-state index in [0.717, 1.165) is 5.56 Å². The average Bonchev–Trinajstić information content (AvgIpc) is 2.54. The second-order valence-corrected chi connectivity index (χ2v) is 4.89. The van der Waals surface area contributed by atoms with Crippen LogP contribution in [0.4, 0.5) is 5.69 Å². The molecular weight excluding hydrogens is 286 g/mol. The number of allylic oxidation sites excluding steroid dienone is 1. The lowest BCUT2D eigenvalue weighted by Gasteiger charge is -2.33. The van der Waals surface area contributed by atoms with Crippen LogP contribution in [0.2, 0.25) is 0 Å². The zero-order valence-electron chi connectivity index (χ0n) is 13.3. The van der Waals surface area contributed by atoms with Crippen LogP contribution in [0.1, 0.15) is 12.0 Å². The van der Waals surface area contributed by atoms with Crippen molar-refractivity contribution < 1.29 is 23.8 Å². The van der Waals surface area contributed by atoms with E-state index in [1.165, 1.54) is 26.4 Å². The second-order valence-electron chi connectivity index (χ2n) is 4.89. The maximum atomic E-state index is 12.6. The smallest absolute Gasteiger partial charge is 0.254 e. The van der Waals surface area contributed by atoms with Gasteiger partial charge >= 0.3 is 0 Å². The van der Waals surface area contributed by atoms with E-state index in [4.69, 9.17) is 19.0 Å². The van der Waals surface area contributed by atoms with Crippen LogP contribution in [0.15, 0.2) is 18.7 Å². The first kappa shape index (κ1) is 16.2. The van der Waals surface area contributed by atoms with Crippen LogP contribution in [0, 0.1) is 5.92 Å². The van der Waals surface area contributed by atoms with E-state index in [1.807, 2.05) is 6.07 Å². The number of benzene rings is 1. The molecule has 1 aromatic carbocycles. The number of hydroxylamine groups is 1. The number of hydrogen-bond donors (Lipinski definition) is 0. The van der Waals surface area contributed by atoms with E-state index in [1.54, 1.807) is 13.2 Å². The van der Waals surface area contributed by atoms with Crippen LogP contribution in [0.5, 0.6) is 17.2 Å². The van der Waals surface area contributed by atoms with Crippen molar-refractivity contribution in [2.75, 3.05) is 33.5 Å². The van der Waals surface area contributed by atoms with Crippen LogP contribution < -0.4 is 19.3 Å². The number of fused-ring (bicyclic) bond motifs is 1. The van der Waals surface area contributed by atoms with Gasteiger partial charge in [-0.2, -0.15) is 5.06 Å². The fraction of sp³-hybridized carbons (Fsp3) is 0.438. The largest absolute Gasteiger partial charge is 0.493 e. The lowest BCUT2D eigenvalue weighted by Crippen LogP contribution is -2.40. The van der Waals surface area contributed by atoms with Gasteiger partial charge in [-0.1, -0.05) is 6.08 Å². The zero-order valence-corrected chi connectivity index (χ0v) is 13.3. The van der Waals surface area contributed by atoms with Crippen molar-refractivity contribution in [3.05, 3.63) is 24.3 Å². The summed E-state index contributed by atoms with van der Waals surface area (Å²) in [6, 6.07) is 1.85. The minimum atomic E-state index is -0.215. The van der Waals surface area contributed by atoms with Crippen LogP contribution in [-0.4, -0.2) is 34.3 Å². The molecule has 0 aliphatic carbocycles. The summed E-state index contributed by atoms with van der Waals surface area (Å²) in [6.45, 7) is 3.71. The van der Waals surface area contributed by atoms with Crippen molar-refractivity contribution in [2.24, 2.45) is 5.92 Å². The Morgan fingerprint density at radius 1 is 1.23 bits per heavy atom. The van der Waals surface area contributed by atoms with E-state index < -0.39 is 0 Å². The van der Waals surface area contributed by atoms with E-state index in [2.05, 4.69) is 6.58 Å². The summed E-state index contributed by atoms with van der Waals surface area (Å²) in [5.74, 6) is 1.07. The average molecular weight is 307 g/mol. The summed E-state index contributed by atoms with van der Waals surface area (Å²) < 4.78 is 16.2. The molecule has 2 rings (SSSR count). The van der Waals surface area contributed by atoms with E-state index >= 15 is 0 Å². The number of methoxy groups -OCH3 is 3. The summed E-state index contributed by atoms with van der Waals surface area (Å²) >= 11 is 0. The highest BCUT2D eigenvalue weighted by Gasteiger charge is 2.37. The van der Waals surface area contributed by atoms with E-state index in [0.29, 0.717) is 35.8 Å². The Hall–Kier alpha value is -2.21. The molecule has 1 atom stereocenters. The fourth-order valence-corrected chi connectivity index (χ4v) is 2.77. The molecule has 0 bridgehead atoms. The van der Waals surface area contributed by atoms with Crippen molar-refractivity contribution in [2.45, 2.75) is 12.8 Å². The van der Waals surface area contributed by atoms with Gasteiger partial charge < -0.3 is 14.2 Å². The lowest BCUT2D eigenvalue weighted by molar-refractivity contribution is -0.129. The van der Waals surface area contributed by atoms with Crippen LogP contribution in [0.3, 0.4) is 0 Å². The van der Waals surface area contributed by atoms with E-state index in [-0.39, 0.29) is 11.8 Å². The van der Waals surface area contributed by atoms with Crippen LogP contribution >= 0.6 is 0 Å². The number of hydrogen-bond acceptors (Lipinski definition) is 5. The Kier molecular flexibility index (Phi) is 4.92. The SMILES string of the molecule is C=CCC1Cc2cc(OC)c(OC)c(OC)c2N(OC)C1=O. The van der Waals surface area contributed by atoms with Gasteiger partial charge in [0, 0.05) is 5.92 Å². The molecule has 0 aromatic heterocycles. The predicted octanol–water partition coefficient (Wildman–Crippen LogP) is 2.36. The number of carbonyl (C=O) groups excluding carboxylic acids is 1. The molecule has 6 nitrogen and oxygen atoms in total. The maximum Gasteiger partial charge on any atom is 0.254 e. The van der Waals surface area contributed by atoms with Gasteiger partial charge in [0.15, 0.2) is 11.5 Å². The topological polar surface area (TPSA) is 57.2 Å². The van der Waals surface area contributed by atoms with Gasteiger partial charge in [-0.3, -0.25) is 9.63 Å². The molecule has 6 heteroatoms. The normalized spacial score (nSPS) is 17.0. The monoisotopic (exact) mass is 307 g/mol. The molecule has 120 valence electrons. The minimum absolute atomic E-state index is 0.125. The third-order valence-corrected chi connectivity index (χ3v) is 3.74. The van der Waals surface area contributed by atoms with Crippen molar-refractivity contribution in [1.82, 2.24) is 0 Å². The summed E-state index contributed by atoms with van der Waals surface area (Å²) in [4.78, 5) is 17.9. The van der Waals surface area contributed by atoms with Gasteiger partial charge in [0.05, 0.1) is 28.4 Å². The summed E-state index contributed by atoms with van der Waals surface area (Å²) in [5.41, 5.74) is 1.47. The number of ether oxygens (including phenoxy) is 3. The number of amides is 1. The van der Waals surface area contributed by atoms with Crippen molar-refractivity contribution in [3.63, 3.8) is 0 Å². The molecule has 0 saturated heterocycles. The van der Waals surface area contributed by atoms with Crippen LogP contribution in [0.25, 0.3) is 0 Å². The third kappa shape index (κ3) is 2.50. The fourth-order valence-electron chi connectivity index (χ4n) is 2.77. The molecule has 0 radical (unpaired) electrons. The van der Waals surface area contributed by atoms with Gasteiger partial charge in [0.25, 0.3) is 5.91 Å². The van der Waals surface area contributed by atoms with Gasteiger partial charge in [-0.05, 0) is 24.5 Å². The molecule has 1 heterocycles. The van der Waals surface area contributed by atoms with Crippen molar-refractivity contribution in [1.29, 1.82) is 0 Å². The number of anilines is 1. The molecule has 0 fully saturated rings. The number of nitrogens with zero attached hydrogens (tertiary/aromatic N) is 1. The molecule has 1 aliphatic rings. The van der Waals surface area contributed by atoms with Gasteiger partial charge in [0.1, 0.15) is 5.69 Å². The molecular formula is C16H21NO5. The Labute approximate surface area is 130 Å². The standard InChI is InChI=1S/C16H21NO5/c1-6-7-10-8-11-9-12(19-2)14(20-3)15(21-4)13(11)17(22-5)16(10)18/h6,9-10H,1,7-8H2,2-5H3. The first-order valence-electron chi connectivity index (χ1n) is 6.93. The molecule has 1 aromatic rings. The van der Waals surface area contributed by atoms with Crippen LogP contribution in [-0.2, 0) is 16.1 Å². The molecule has 0 N–H and O–H groups in total. The van der Waals surface area contributed by atoms with Gasteiger partial charge in [0.2, 0.25) is 5.75 Å². The predicted molar refractivity (Wildman–Crippen MR) is 82.6 cm³/mol. The van der Waals surface area contributed by atoms with Crippen molar-refractivity contribution in [3.8, 4) is 17.2 Å². The molecule has 0 saturated carbocycles.